The van der Waals surface area contributed by atoms with Gasteiger partial charge in [0.25, 0.3) is 11.8 Å². The van der Waals surface area contributed by atoms with Gasteiger partial charge in [-0.2, -0.15) is 0 Å². The number of nitrogens with zero attached hydrogens (tertiary/aromatic N) is 2. The summed E-state index contributed by atoms with van der Waals surface area (Å²) < 4.78 is 6.84. The number of amides is 2. The number of anilines is 1. The van der Waals surface area contributed by atoms with E-state index < -0.39 is 5.91 Å². The van der Waals surface area contributed by atoms with E-state index in [0.717, 1.165) is 11.1 Å². The Balaban J connectivity index is 1.63. The third-order valence-electron chi connectivity index (χ3n) is 4.60. The van der Waals surface area contributed by atoms with E-state index in [4.69, 9.17) is 4.42 Å². The maximum Gasteiger partial charge on any atom is 0.288 e. The standard InChI is InChI=1S/C22H20N4O3/c1-14-8-9-17(15(2)12-14)24-21(27)19-18-7-3-4-10-26(18)20(25-19)22(28)23-13-16-6-5-11-29-16/h3-12H,13H2,1-2H3,(H,23,28)(H,24,27). The van der Waals surface area contributed by atoms with Crippen LogP contribution in [0.2, 0.25) is 0 Å². The van der Waals surface area contributed by atoms with Gasteiger partial charge in [0.2, 0.25) is 5.82 Å². The number of aromatic nitrogens is 2. The van der Waals surface area contributed by atoms with Crippen LogP contribution in [0, 0.1) is 13.8 Å². The molecule has 4 aromatic rings. The Labute approximate surface area is 167 Å². The molecule has 0 saturated carbocycles. The van der Waals surface area contributed by atoms with Crippen molar-refractivity contribution in [1.29, 1.82) is 0 Å². The number of pyridine rings is 1. The highest BCUT2D eigenvalue weighted by Crippen LogP contribution is 2.19. The van der Waals surface area contributed by atoms with Crippen molar-refractivity contribution in [2.45, 2.75) is 20.4 Å². The number of hydrogen-bond acceptors (Lipinski definition) is 4. The summed E-state index contributed by atoms with van der Waals surface area (Å²) in [4.78, 5) is 29.9. The van der Waals surface area contributed by atoms with Gasteiger partial charge < -0.3 is 15.1 Å². The smallest absolute Gasteiger partial charge is 0.288 e. The second-order valence-corrected chi connectivity index (χ2v) is 6.77. The summed E-state index contributed by atoms with van der Waals surface area (Å²) in [6.07, 6.45) is 3.25. The third-order valence-corrected chi connectivity index (χ3v) is 4.60. The van der Waals surface area contributed by atoms with E-state index in [2.05, 4.69) is 15.6 Å². The molecule has 0 aliphatic heterocycles. The molecule has 0 spiro atoms. The predicted molar refractivity (Wildman–Crippen MR) is 109 cm³/mol. The number of aryl methyl sites for hydroxylation is 2. The minimum Gasteiger partial charge on any atom is -0.467 e. The number of hydrogen-bond donors (Lipinski definition) is 2. The number of nitrogens with one attached hydrogen (secondary N) is 2. The van der Waals surface area contributed by atoms with Gasteiger partial charge >= 0.3 is 0 Å². The molecule has 7 nitrogen and oxygen atoms in total. The van der Waals surface area contributed by atoms with Crippen molar-refractivity contribution in [3.63, 3.8) is 0 Å². The summed E-state index contributed by atoms with van der Waals surface area (Å²) >= 11 is 0. The van der Waals surface area contributed by atoms with Crippen molar-refractivity contribution in [1.82, 2.24) is 14.7 Å². The van der Waals surface area contributed by atoms with Crippen LogP contribution in [0.1, 0.15) is 38.0 Å². The average molecular weight is 388 g/mol. The lowest BCUT2D eigenvalue weighted by Crippen LogP contribution is -2.25. The molecule has 0 aliphatic rings. The number of fused-ring (bicyclic) bond motifs is 1. The maximum atomic E-state index is 12.9. The van der Waals surface area contributed by atoms with E-state index in [1.54, 1.807) is 47.2 Å². The number of carbonyl (C=O) groups excluding carboxylic acids is 2. The van der Waals surface area contributed by atoms with Crippen LogP contribution in [0.5, 0.6) is 0 Å². The van der Waals surface area contributed by atoms with Gasteiger partial charge in [-0.3, -0.25) is 14.0 Å². The SMILES string of the molecule is Cc1ccc(NC(=O)c2nc(C(=O)NCc3ccco3)n3ccccc23)c(C)c1. The summed E-state index contributed by atoms with van der Waals surface area (Å²) in [6.45, 7) is 4.16. The van der Waals surface area contributed by atoms with Gasteiger partial charge in [0.15, 0.2) is 5.69 Å². The molecule has 3 heterocycles. The highest BCUT2D eigenvalue weighted by atomic mass is 16.3. The molecule has 2 N–H and O–H groups in total. The maximum absolute atomic E-state index is 12.9. The van der Waals surface area contributed by atoms with E-state index in [1.165, 1.54) is 0 Å². The van der Waals surface area contributed by atoms with Crippen molar-refractivity contribution in [2.75, 3.05) is 5.32 Å². The molecule has 29 heavy (non-hydrogen) atoms. The van der Waals surface area contributed by atoms with Gasteiger partial charge in [0.05, 0.1) is 18.3 Å². The Kier molecular flexibility index (Phi) is 4.87. The average Bonchev–Trinajstić information content (AvgIpc) is 3.36. The summed E-state index contributed by atoms with van der Waals surface area (Å²) in [7, 11) is 0. The van der Waals surface area contributed by atoms with Gasteiger partial charge in [0, 0.05) is 11.9 Å². The highest BCUT2D eigenvalue weighted by molar-refractivity contribution is 6.09. The lowest BCUT2D eigenvalue weighted by atomic mass is 10.1. The lowest BCUT2D eigenvalue weighted by molar-refractivity contribution is 0.0937. The van der Waals surface area contributed by atoms with Crippen LogP contribution in [-0.4, -0.2) is 21.2 Å². The normalized spacial score (nSPS) is 10.8. The molecular weight excluding hydrogens is 368 g/mol. The van der Waals surface area contributed by atoms with Gasteiger partial charge in [-0.1, -0.05) is 23.8 Å². The molecule has 2 amide bonds. The van der Waals surface area contributed by atoms with Crippen molar-refractivity contribution in [3.05, 3.63) is 89.4 Å². The van der Waals surface area contributed by atoms with Gasteiger partial charge in [-0.25, -0.2) is 4.98 Å². The minimum atomic E-state index is -0.395. The Morgan fingerprint density at radius 3 is 2.69 bits per heavy atom. The van der Waals surface area contributed by atoms with Gasteiger partial charge in [-0.15, -0.1) is 0 Å². The Morgan fingerprint density at radius 2 is 1.93 bits per heavy atom. The molecule has 0 radical (unpaired) electrons. The molecule has 3 aromatic heterocycles. The summed E-state index contributed by atoms with van der Waals surface area (Å²) in [5.41, 5.74) is 3.52. The summed E-state index contributed by atoms with van der Waals surface area (Å²) in [6, 6.07) is 14.6. The molecule has 1 aromatic carbocycles. The second kappa shape index (κ2) is 7.63. The monoisotopic (exact) mass is 388 g/mol. The van der Waals surface area contributed by atoms with Crippen LogP contribution in [0.25, 0.3) is 5.52 Å². The second-order valence-electron chi connectivity index (χ2n) is 6.77. The van der Waals surface area contributed by atoms with Crippen molar-refractivity contribution < 1.29 is 14.0 Å². The van der Waals surface area contributed by atoms with Crippen LogP contribution in [-0.2, 0) is 6.54 Å². The van der Waals surface area contributed by atoms with Crippen LogP contribution >= 0.6 is 0 Å². The fraction of sp³-hybridized carbons (Fsp3) is 0.136. The molecule has 146 valence electrons. The first kappa shape index (κ1) is 18.5. The number of imidazole rings is 1. The quantitative estimate of drug-likeness (QED) is 0.545. The van der Waals surface area contributed by atoms with Gasteiger partial charge in [0.1, 0.15) is 5.76 Å². The zero-order valence-electron chi connectivity index (χ0n) is 16.1. The number of furan rings is 1. The molecule has 4 rings (SSSR count). The Bertz CT molecular complexity index is 1190. The van der Waals surface area contributed by atoms with E-state index in [1.807, 2.05) is 32.0 Å². The fourth-order valence-corrected chi connectivity index (χ4v) is 3.16. The largest absolute Gasteiger partial charge is 0.467 e. The molecule has 0 unspecified atom stereocenters. The van der Waals surface area contributed by atoms with Crippen molar-refractivity contribution in [2.24, 2.45) is 0 Å². The zero-order chi connectivity index (χ0) is 20.4. The van der Waals surface area contributed by atoms with Crippen molar-refractivity contribution in [3.8, 4) is 0 Å². The van der Waals surface area contributed by atoms with Crippen LogP contribution in [0.15, 0.2) is 65.4 Å². The molecule has 0 saturated heterocycles. The third kappa shape index (κ3) is 3.75. The zero-order valence-corrected chi connectivity index (χ0v) is 16.1. The Hall–Kier alpha value is -3.87. The lowest BCUT2D eigenvalue weighted by Gasteiger charge is -2.08. The minimum absolute atomic E-state index is 0.137. The summed E-state index contributed by atoms with van der Waals surface area (Å²) in [5.74, 6) is 0.00358. The van der Waals surface area contributed by atoms with E-state index in [9.17, 15) is 9.59 Å². The number of carbonyl (C=O) groups is 2. The van der Waals surface area contributed by atoms with Crippen LogP contribution in [0.3, 0.4) is 0 Å². The number of rotatable bonds is 5. The van der Waals surface area contributed by atoms with Crippen LogP contribution in [0.4, 0.5) is 5.69 Å². The Morgan fingerprint density at radius 1 is 1.07 bits per heavy atom. The van der Waals surface area contributed by atoms with E-state index >= 15 is 0 Å². The summed E-state index contributed by atoms with van der Waals surface area (Å²) in [5, 5.41) is 5.65. The number of benzene rings is 1. The first-order chi connectivity index (χ1) is 14.0. The molecule has 0 fully saturated rings. The predicted octanol–water partition coefficient (Wildman–Crippen LogP) is 3.73. The van der Waals surface area contributed by atoms with Gasteiger partial charge in [-0.05, 0) is 49.7 Å². The molecule has 0 atom stereocenters. The first-order valence-corrected chi connectivity index (χ1v) is 9.19. The highest BCUT2D eigenvalue weighted by Gasteiger charge is 2.22. The van der Waals surface area contributed by atoms with E-state index in [-0.39, 0.29) is 24.0 Å². The first-order valence-electron chi connectivity index (χ1n) is 9.19. The molecular formula is C22H20N4O3. The van der Waals surface area contributed by atoms with E-state index in [0.29, 0.717) is 17.0 Å². The fourth-order valence-electron chi connectivity index (χ4n) is 3.16. The molecule has 7 heteroatoms. The molecule has 0 aliphatic carbocycles. The van der Waals surface area contributed by atoms with Crippen molar-refractivity contribution >= 4 is 23.0 Å². The topological polar surface area (TPSA) is 88.6 Å². The molecule has 0 bridgehead atoms. The van der Waals surface area contributed by atoms with Crippen LogP contribution < -0.4 is 10.6 Å².